The average Bonchev–Trinajstić information content (AvgIpc) is 3.40. The van der Waals surface area contributed by atoms with Crippen molar-refractivity contribution < 1.29 is 14.6 Å². The lowest BCUT2D eigenvalue weighted by Crippen LogP contribution is -2.23. The van der Waals surface area contributed by atoms with E-state index in [1.807, 2.05) is 59.6 Å². The standard InChI is InChI=1S/C23H19N3O3S/c1-29-16-9-6-15(7-10-16)19-12-18(25-26(19)23-24-21(28)13-30-23)22-17-5-3-2-4-14(17)8-11-20(22)27/h2-11,19,27H,12-13H2,1H3. The molecule has 2 heterocycles. The maximum atomic E-state index is 11.8. The van der Waals surface area contributed by atoms with Gasteiger partial charge in [-0.15, -0.1) is 0 Å². The van der Waals surface area contributed by atoms with Crippen molar-refractivity contribution in [3.05, 3.63) is 71.8 Å². The molecule has 0 spiro atoms. The number of hydrogen-bond donors (Lipinski definition) is 1. The van der Waals surface area contributed by atoms with E-state index in [0.717, 1.165) is 33.4 Å². The summed E-state index contributed by atoms with van der Waals surface area (Å²) in [6.45, 7) is 0. The molecule has 3 aromatic rings. The number of benzene rings is 3. The van der Waals surface area contributed by atoms with Gasteiger partial charge in [0.1, 0.15) is 11.5 Å². The molecule has 1 atom stereocenters. The number of aliphatic imine (C=N–C) groups is 1. The summed E-state index contributed by atoms with van der Waals surface area (Å²) in [6.07, 6.45) is 0.585. The maximum absolute atomic E-state index is 11.8. The molecule has 0 aliphatic carbocycles. The predicted octanol–water partition coefficient (Wildman–Crippen LogP) is 4.33. The van der Waals surface area contributed by atoms with E-state index in [1.165, 1.54) is 11.8 Å². The first-order valence-corrected chi connectivity index (χ1v) is 10.6. The molecule has 3 aromatic carbocycles. The summed E-state index contributed by atoms with van der Waals surface area (Å²) in [4.78, 5) is 15.9. The highest BCUT2D eigenvalue weighted by Gasteiger charge is 2.35. The van der Waals surface area contributed by atoms with Crippen LogP contribution in [0.4, 0.5) is 0 Å². The van der Waals surface area contributed by atoms with Crippen LogP contribution < -0.4 is 4.74 Å². The van der Waals surface area contributed by atoms with E-state index in [4.69, 9.17) is 9.84 Å². The molecular formula is C23H19N3O3S. The molecule has 0 fully saturated rings. The maximum Gasteiger partial charge on any atom is 0.258 e. The summed E-state index contributed by atoms with van der Waals surface area (Å²) in [5.41, 5.74) is 2.54. The number of hydrogen-bond acceptors (Lipinski definition) is 6. The molecule has 150 valence electrons. The number of fused-ring (bicyclic) bond motifs is 1. The number of ether oxygens (including phenoxy) is 1. The number of aromatic hydroxyl groups is 1. The van der Waals surface area contributed by atoms with Gasteiger partial charge in [0.25, 0.3) is 5.91 Å². The molecule has 2 aliphatic rings. The van der Waals surface area contributed by atoms with Crippen molar-refractivity contribution >= 4 is 39.3 Å². The molecule has 5 rings (SSSR count). The molecular weight excluding hydrogens is 398 g/mol. The summed E-state index contributed by atoms with van der Waals surface area (Å²) in [5.74, 6) is 1.14. The van der Waals surface area contributed by atoms with Crippen LogP contribution in [0.5, 0.6) is 11.5 Å². The molecule has 0 bridgehead atoms. The van der Waals surface area contributed by atoms with Gasteiger partial charge in [0.05, 0.1) is 24.6 Å². The second kappa shape index (κ2) is 7.50. The van der Waals surface area contributed by atoms with Crippen LogP contribution in [0.25, 0.3) is 10.8 Å². The van der Waals surface area contributed by atoms with Crippen LogP contribution in [0.1, 0.15) is 23.6 Å². The van der Waals surface area contributed by atoms with Gasteiger partial charge >= 0.3 is 0 Å². The number of carbonyl (C=O) groups is 1. The van der Waals surface area contributed by atoms with E-state index in [-0.39, 0.29) is 17.7 Å². The topological polar surface area (TPSA) is 74.5 Å². The summed E-state index contributed by atoms with van der Waals surface area (Å²) in [6, 6.07) is 19.2. The summed E-state index contributed by atoms with van der Waals surface area (Å²) in [5, 5.41) is 19.9. The van der Waals surface area contributed by atoms with E-state index >= 15 is 0 Å². The number of methoxy groups -OCH3 is 1. The molecule has 0 radical (unpaired) electrons. The van der Waals surface area contributed by atoms with E-state index in [0.29, 0.717) is 17.3 Å². The molecule has 2 aliphatic heterocycles. The van der Waals surface area contributed by atoms with Crippen molar-refractivity contribution in [2.24, 2.45) is 10.1 Å². The van der Waals surface area contributed by atoms with Gasteiger partial charge < -0.3 is 9.84 Å². The lowest BCUT2D eigenvalue weighted by Gasteiger charge is -2.22. The first-order chi connectivity index (χ1) is 14.6. The Labute approximate surface area is 177 Å². The van der Waals surface area contributed by atoms with Gasteiger partial charge in [-0.1, -0.05) is 54.2 Å². The van der Waals surface area contributed by atoms with Crippen LogP contribution in [-0.2, 0) is 4.79 Å². The van der Waals surface area contributed by atoms with E-state index in [2.05, 4.69) is 4.99 Å². The molecule has 1 unspecified atom stereocenters. The Morgan fingerprint density at radius 2 is 1.90 bits per heavy atom. The molecule has 0 aromatic heterocycles. The van der Waals surface area contributed by atoms with Crippen molar-refractivity contribution in [1.82, 2.24) is 5.01 Å². The van der Waals surface area contributed by atoms with Crippen LogP contribution in [0.2, 0.25) is 0 Å². The minimum Gasteiger partial charge on any atom is -0.507 e. The van der Waals surface area contributed by atoms with E-state index < -0.39 is 0 Å². The van der Waals surface area contributed by atoms with Crippen LogP contribution in [0, 0.1) is 0 Å². The number of nitrogens with zero attached hydrogens (tertiary/aromatic N) is 3. The van der Waals surface area contributed by atoms with Gasteiger partial charge in [0.15, 0.2) is 5.17 Å². The largest absolute Gasteiger partial charge is 0.507 e. The molecule has 7 heteroatoms. The van der Waals surface area contributed by atoms with Crippen molar-refractivity contribution in [3.63, 3.8) is 0 Å². The van der Waals surface area contributed by atoms with Crippen LogP contribution in [0.3, 0.4) is 0 Å². The van der Waals surface area contributed by atoms with Crippen molar-refractivity contribution in [3.8, 4) is 11.5 Å². The third-order valence-electron chi connectivity index (χ3n) is 5.35. The Balaban J connectivity index is 1.61. The average molecular weight is 417 g/mol. The van der Waals surface area contributed by atoms with E-state index in [9.17, 15) is 9.90 Å². The number of amidine groups is 1. The van der Waals surface area contributed by atoms with Crippen LogP contribution in [0.15, 0.2) is 70.8 Å². The minimum absolute atomic E-state index is 0.124. The Kier molecular flexibility index (Phi) is 4.67. The number of amides is 1. The van der Waals surface area contributed by atoms with Crippen molar-refractivity contribution in [2.45, 2.75) is 12.5 Å². The second-order valence-corrected chi connectivity index (χ2v) is 8.08. The smallest absolute Gasteiger partial charge is 0.258 e. The number of phenols is 1. The Bertz CT molecular complexity index is 1200. The number of thioether (sulfide) groups is 1. The van der Waals surface area contributed by atoms with Crippen LogP contribution >= 0.6 is 11.8 Å². The van der Waals surface area contributed by atoms with Gasteiger partial charge in [0.2, 0.25) is 0 Å². The highest BCUT2D eigenvalue weighted by molar-refractivity contribution is 8.14. The highest BCUT2D eigenvalue weighted by Crippen LogP contribution is 2.39. The number of phenolic OH excluding ortho intramolecular Hbond substituents is 1. The fraction of sp³-hybridized carbons (Fsp3) is 0.174. The van der Waals surface area contributed by atoms with Gasteiger partial charge in [-0.2, -0.15) is 10.1 Å². The Morgan fingerprint density at radius 1 is 1.10 bits per heavy atom. The second-order valence-electron chi connectivity index (χ2n) is 7.14. The third-order valence-corrected chi connectivity index (χ3v) is 6.28. The third kappa shape index (κ3) is 3.21. The zero-order valence-electron chi connectivity index (χ0n) is 16.3. The zero-order valence-corrected chi connectivity index (χ0v) is 17.1. The van der Waals surface area contributed by atoms with Gasteiger partial charge in [-0.3, -0.25) is 4.79 Å². The summed E-state index contributed by atoms with van der Waals surface area (Å²) < 4.78 is 5.28. The van der Waals surface area contributed by atoms with Crippen LogP contribution in [-0.4, -0.2) is 39.8 Å². The summed E-state index contributed by atoms with van der Waals surface area (Å²) >= 11 is 1.39. The number of hydrazone groups is 1. The first kappa shape index (κ1) is 18.7. The number of rotatable bonds is 3. The summed E-state index contributed by atoms with van der Waals surface area (Å²) in [7, 11) is 1.64. The Hall–Kier alpha value is -3.32. The molecule has 6 nitrogen and oxygen atoms in total. The van der Waals surface area contributed by atoms with Gasteiger partial charge in [0, 0.05) is 12.0 Å². The lowest BCUT2D eigenvalue weighted by molar-refractivity contribution is -0.115. The molecule has 1 N–H and O–H groups in total. The SMILES string of the molecule is COc1ccc(C2CC(c3c(O)ccc4ccccc34)=NN2C2=NC(=O)CS2)cc1. The van der Waals surface area contributed by atoms with Gasteiger partial charge in [-0.25, -0.2) is 5.01 Å². The fourth-order valence-electron chi connectivity index (χ4n) is 3.90. The lowest BCUT2D eigenvalue weighted by atomic mass is 9.94. The number of carbonyl (C=O) groups excluding carboxylic acids is 1. The normalized spacial score (nSPS) is 18.6. The van der Waals surface area contributed by atoms with Crippen molar-refractivity contribution in [2.75, 3.05) is 12.9 Å². The molecule has 30 heavy (non-hydrogen) atoms. The molecule has 0 saturated carbocycles. The van der Waals surface area contributed by atoms with Gasteiger partial charge in [-0.05, 0) is 34.5 Å². The highest BCUT2D eigenvalue weighted by atomic mass is 32.2. The quantitative estimate of drug-likeness (QED) is 0.686. The fourth-order valence-corrected chi connectivity index (χ4v) is 4.69. The van der Waals surface area contributed by atoms with E-state index in [1.54, 1.807) is 13.2 Å². The first-order valence-electron chi connectivity index (χ1n) is 9.60. The monoisotopic (exact) mass is 417 g/mol. The Morgan fingerprint density at radius 3 is 2.63 bits per heavy atom. The zero-order chi connectivity index (χ0) is 20.7. The molecule has 1 amide bonds. The molecule has 0 saturated heterocycles. The predicted molar refractivity (Wildman–Crippen MR) is 119 cm³/mol. The van der Waals surface area contributed by atoms with Crippen molar-refractivity contribution in [1.29, 1.82) is 0 Å². The minimum atomic E-state index is -0.153.